The lowest BCUT2D eigenvalue weighted by molar-refractivity contribution is 1.16. The van der Waals surface area contributed by atoms with E-state index in [9.17, 15) is 0 Å². The molecule has 0 bridgehead atoms. The second-order valence-corrected chi connectivity index (χ2v) is 2.12. The van der Waals surface area contributed by atoms with Crippen LogP contribution in [0.1, 0.15) is 19.8 Å². The number of nitrogens with zero attached hydrogens (tertiary/aromatic N) is 1. The Morgan fingerprint density at radius 3 is 2.82 bits per heavy atom. The second-order valence-electron chi connectivity index (χ2n) is 2.12. The smallest absolute Gasteiger partial charge is 0.0669 e. The van der Waals surface area contributed by atoms with Gasteiger partial charge >= 0.3 is 0 Å². The number of hydrogen-bond acceptors (Lipinski definition) is 1. The molecule has 1 nitrogen and oxygen atoms in total. The highest BCUT2D eigenvalue weighted by Crippen LogP contribution is 2.03. The average Bonchev–Trinajstić information content (AvgIpc) is 2.01. The molecule has 0 aliphatic carbocycles. The first kappa shape index (κ1) is 9.71. The Hall–Kier alpha value is -1.29. The molecule has 0 aromatic carbocycles. The zero-order chi connectivity index (χ0) is 8.53. The summed E-state index contributed by atoms with van der Waals surface area (Å²) in [5.74, 6) is 0. The molecule has 0 aromatic rings. The fourth-order valence-electron chi connectivity index (χ4n) is 0.744. The SMILES string of the molecule is C=C/C=C\C(=C/CC)CC#N. The Kier molecular flexibility index (Phi) is 6.02. The normalized spacial score (nSPS) is 11.5. The Bertz CT molecular complexity index is 203. The predicted molar refractivity (Wildman–Crippen MR) is 47.9 cm³/mol. The summed E-state index contributed by atoms with van der Waals surface area (Å²) in [5, 5.41) is 8.41. The molecule has 0 spiro atoms. The monoisotopic (exact) mass is 147 g/mol. The summed E-state index contributed by atoms with van der Waals surface area (Å²) in [7, 11) is 0. The molecule has 11 heavy (non-hydrogen) atoms. The van der Waals surface area contributed by atoms with Crippen molar-refractivity contribution in [2.24, 2.45) is 0 Å². The summed E-state index contributed by atoms with van der Waals surface area (Å²) < 4.78 is 0. The Labute approximate surface area is 68.3 Å². The van der Waals surface area contributed by atoms with Gasteiger partial charge in [0.2, 0.25) is 0 Å². The van der Waals surface area contributed by atoms with Crippen molar-refractivity contribution in [2.45, 2.75) is 19.8 Å². The minimum Gasteiger partial charge on any atom is -0.198 e. The fourth-order valence-corrected chi connectivity index (χ4v) is 0.744. The van der Waals surface area contributed by atoms with Crippen LogP contribution < -0.4 is 0 Å². The maximum absolute atomic E-state index is 8.41. The zero-order valence-electron chi connectivity index (χ0n) is 6.88. The Balaban J connectivity index is 4.12. The summed E-state index contributed by atoms with van der Waals surface area (Å²) in [6, 6.07) is 2.11. The summed E-state index contributed by atoms with van der Waals surface area (Å²) >= 11 is 0. The van der Waals surface area contributed by atoms with Crippen molar-refractivity contribution in [3.63, 3.8) is 0 Å². The minimum atomic E-state index is 0.484. The Morgan fingerprint density at radius 1 is 1.64 bits per heavy atom. The van der Waals surface area contributed by atoms with Gasteiger partial charge in [0.15, 0.2) is 0 Å². The predicted octanol–water partition coefficient (Wildman–Crippen LogP) is 2.98. The van der Waals surface area contributed by atoms with E-state index in [1.807, 2.05) is 18.2 Å². The largest absolute Gasteiger partial charge is 0.198 e. The second kappa shape index (κ2) is 6.82. The molecule has 0 rings (SSSR count). The van der Waals surface area contributed by atoms with Gasteiger partial charge in [-0.25, -0.2) is 0 Å². The third-order valence-electron chi connectivity index (χ3n) is 1.20. The van der Waals surface area contributed by atoms with Crippen LogP contribution in [0.15, 0.2) is 36.5 Å². The van der Waals surface area contributed by atoms with E-state index in [0.29, 0.717) is 6.42 Å². The van der Waals surface area contributed by atoms with Crippen molar-refractivity contribution >= 4 is 0 Å². The van der Waals surface area contributed by atoms with Crippen LogP contribution in [0.5, 0.6) is 0 Å². The van der Waals surface area contributed by atoms with Crippen molar-refractivity contribution in [3.8, 4) is 6.07 Å². The quantitative estimate of drug-likeness (QED) is 0.561. The van der Waals surface area contributed by atoms with E-state index in [2.05, 4.69) is 19.6 Å². The van der Waals surface area contributed by atoms with Gasteiger partial charge in [0.1, 0.15) is 0 Å². The molecule has 0 fully saturated rings. The summed E-state index contributed by atoms with van der Waals surface area (Å²) in [6.07, 6.45) is 8.97. The van der Waals surface area contributed by atoms with Crippen molar-refractivity contribution in [3.05, 3.63) is 36.5 Å². The van der Waals surface area contributed by atoms with Crippen molar-refractivity contribution < 1.29 is 0 Å². The van der Waals surface area contributed by atoms with E-state index in [1.54, 1.807) is 6.08 Å². The van der Waals surface area contributed by atoms with E-state index in [1.165, 1.54) is 0 Å². The average molecular weight is 147 g/mol. The first-order valence-electron chi connectivity index (χ1n) is 3.70. The van der Waals surface area contributed by atoms with Crippen LogP contribution >= 0.6 is 0 Å². The molecule has 0 heterocycles. The van der Waals surface area contributed by atoms with Gasteiger partial charge in [-0.1, -0.05) is 37.8 Å². The van der Waals surface area contributed by atoms with E-state index in [-0.39, 0.29) is 0 Å². The minimum absolute atomic E-state index is 0.484. The maximum Gasteiger partial charge on any atom is 0.0669 e. The van der Waals surface area contributed by atoms with Gasteiger partial charge < -0.3 is 0 Å². The topological polar surface area (TPSA) is 23.8 Å². The van der Waals surface area contributed by atoms with Crippen LogP contribution in [-0.2, 0) is 0 Å². The van der Waals surface area contributed by atoms with Crippen LogP contribution in [0.4, 0.5) is 0 Å². The lowest BCUT2D eigenvalue weighted by atomic mass is 10.1. The zero-order valence-corrected chi connectivity index (χ0v) is 6.88. The molecule has 0 aliphatic heterocycles. The third kappa shape index (κ3) is 5.17. The van der Waals surface area contributed by atoms with Crippen LogP contribution in [0.25, 0.3) is 0 Å². The summed E-state index contributed by atoms with van der Waals surface area (Å²) in [6.45, 7) is 5.61. The highest BCUT2D eigenvalue weighted by atomic mass is 14.2. The molecule has 0 aromatic heterocycles. The molecular weight excluding hydrogens is 134 g/mol. The van der Waals surface area contributed by atoms with Crippen LogP contribution in [0, 0.1) is 11.3 Å². The molecular formula is C10H13N. The molecule has 0 amide bonds. The van der Waals surface area contributed by atoms with E-state index in [0.717, 1.165) is 12.0 Å². The van der Waals surface area contributed by atoms with Crippen LogP contribution in [0.3, 0.4) is 0 Å². The maximum atomic E-state index is 8.41. The van der Waals surface area contributed by atoms with E-state index >= 15 is 0 Å². The molecule has 0 saturated carbocycles. The van der Waals surface area contributed by atoms with Gasteiger partial charge in [0.05, 0.1) is 12.5 Å². The molecule has 0 atom stereocenters. The van der Waals surface area contributed by atoms with Crippen LogP contribution in [-0.4, -0.2) is 0 Å². The van der Waals surface area contributed by atoms with E-state index < -0.39 is 0 Å². The highest BCUT2D eigenvalue weighted by Gasteiger charge is 1.87. The molecule has 0 saturated heterocycles. The number of allylic oxidation sites excluding steroid dienone is 5. The third-order valence-corrected chi connectivity index (χ3v) is 1.20. The standard InChI is InChI=1S/C10H13N/c1-3-5-7-10(6-4-2)8-9-11/h3,5-7H,1,4,8H2,2H3/b7-5-,10-6+. The van der Waals surface area contributed by atoms with Gasteiger partial charge in [-0.2, -0.15) is 5.26 Å². The number of rotatable bonds is 4. The molecule has 0 unspecified atom stereocenters. The van der Waals surface area contributed by atoms with E-state index in [4.69, 9.17) is 5.26 Å². The van der Waals surface area contributed by atoms with Crippen molar-refractivity contribution in [2.75, 3.05) is 0 Å². The molecule has 0 aliphatic rings. The molecule has 58 valence electrons. The van der Waals surface area contributed by atoms with Crippen LogP contribution in [0.2, 0.25) is 0 Å². The Morgan fingerprint density at radius 2 is 2.36 bits per heavy atom. The fraction of sp³-hybridized carbons (Fsp3) is 0.300. The van der Waals surface area contributed by atoms with Crippen molar-refractivity contribution in [1.82, 2.24) is 0 Å². The van der Waals surface area contributed by atoms with Gasteiger partial charge in [-0.15, -0.1) is 0 Å². The number of nitriles is 1. The van der Waals surface area contributed by atoms with Gasteiger partial charge in [0.25, 0.3) is 0 Å². The molecule has 1 heteroatoms. The first-order valence-corrected chi connectivity index (χ1v) is 3.70. The van der Waals surface area contributed by atoms with Crippen molar-refractivity contribution in [1.29, 1.82) is 5.26 Å². The molecule has 0 N–H and O–H groups in total. The van der Waals surface area contributed by atoms with Gasteiger partial charge in [-0.3, -0.25) is 0 Å². The lowest BCUT2D eigenvalue weighted by Gasteiger charge is -1.91. The highest BCUT2D eigenvalue weighted by molar-refractivity contribution is 5.24. The summed E-state index contributed by atoms with van der Waals surface area (Å²) in [4.78, 5) is 0. The van der Waals surface area contributed by atoms with Gasteiger partial charge in [-0.05, 0) is 12.0 Å². The summed E-state index contributed by atoms with van der Waals surface area (Å²) in [5.41, 5.74) is 1.06. The lowest BCUT2D eigenvalue weighted by Crippen LogP contribution is -1.74. The first-order chi connectivity index (χ1) is 5.35. The molecule has 0 radical (unpaired) electrons. The number of hydrogen-bond donors (Lipinski definition) is 0. The van der Waals surface area contributed by atoms with Gasteiger partial charge in [0, 0.05) is 0 Å².